The quantitative estimate of drug-likeness (QED) is 0.554. The first-order chi connectivity index (χ1) is 14.8. The number of sulfonamides is 1. The molecule has 0 atom stereocenters. The Morgan fingerprint density at radius 3 is 1.91 bits per heavy atom. The normalized spacial score (nSPS) is 23.8. The highest BCUT2D eigenvalue weighted by Gasteiger charge is 2.43. The molecule has 1 spiro atoms. The van der Waals surface area contributed by atoms with Crippen LogP contribution in [0, 0.1) is 12.3 Å². The standard InChI is InChI=1S/C14H24F2N2O2S.C7H8O3S/c15-14(16)7-3-12(4-8-14)21(19,20)18-11-1-5-13(6-2-11)9-17-10-13;1-6-2-4-7(5-3-6)11(8,9)10/h11-12,17-18H,1-10H2;2-5H,1H3,(H,8,9,10). The lowest BCUT2D eigenvalue weighted by atomic mass is 9.69. The van der Waals surface area contributed by atoms with Gasteiger partial charge in [0.2, 0.25) is 15.9 Å². The third kappa shape index (κ3) is 6.69. The van der Waals surface area contributed by atoms with E-state index in [4.69, 9.17) is 4.55 Å². The maximum Gasteiger partial charge on any atom is 0.294 e. The fourth-order valence-corrected chi connectivity index (χ4v) is 6.77. The zero-order valence-corrected chi connectivity index (χ0v) is 19.8. The molecule has 1 aromatic rings. The lowest BCUT2D eigenvalue weighted by Gasteiger charge is -2.47. The van der Waals surface area contributed by atoms with E-state index in [2.05, 4.69) is 10.0 Å². The molecule has 1 aliphatic heterocycles. The lowest BCUT2D eigenvalue weighted by Crippen LogP contribution is -2.57. The number of nitrogens with one attached hydrogen (secondary N) is 2. The van der Waals surface area contributed by atoms with Gasteiger partial charge in [-0.15, -0.1) is 0 Å². The minimum atomic E-state index is -4.02. The van der Waals surface area contributed by atoms with Crippen LogP contribution in [0.1, 0.15) is 56.9 Å². The molecule has 1 aromatic carbocycles. The number of alkyl halides is 2. The molecule has 1 saturated heterocycles. The highest BCUT2D eigenvalue weighted by atomic mass is 32.2. The number of rotatable bonds is 4. The molecule has 2 aliphatic carbocycles. The van der Waals surface area contributed by atoms with Gasteiger partial charge >= 0.3 is 0 Å². The molecule has 1 heterocycles. The first-order valence-corrected chi connectivity index (χ1v) is 13.9. The van der Waals surface area contributed by atoms with E-state index in [-0.39, 0.29) is 36.6 Å². The maximum atomic E-state index is 13.1. The van der Waals surface area contributed by atoms with Crippen molar-refractivity contribution in [1.29, 1.82) is 0 Å². The molecule has 0 aromatic heterocycles. The monoisotopic (exact) mass is 494 g/mol. The first-order valence-electron chi connectivity index (χ1n) is 10.9. The van der Waals surface area contributed by atoms with Crippen LogP contribution in [0.4, 0.5) is 8.78 Å². The average Bonchev–Trinajstić information content (AvgIpc) is 2.67. The fraction of sp³-hybridized carbons (Fsp3) is 0.714. The van der Waals surface area contributed by atoms with Crippen LogP contribution < -0.4 is 10.0 Å². The summed E-state index contributed by atoms with van der Waals surface area (Å²) in [5.74, 6) is -2.68. The third-order valence-electron chi connectivity index (χ3n) is 6.80. The number of hydrogen-bond donors (Lipinski definition) is 3. The molecular weight excluding hydrogens is 462 g/mol. The molecule has 0 radical (unpaired) electrons. The van der Waals surface area contributed by atoms with Gasteiger partial charge in [0.15, 0.2) is 0 Å². The SMILES string of the molecule is Cc1ccc(S(=O)(=O)O)cc1.O=S(=O)(NC1CCC2(CC1)CNC2)C1CCC(F)(F)CC1. The van der Waals surface area contributed by atoms with Crippen molar-refractivity contribution in [2.75, 3.05) is 13.1 Å². The van der Waals surface area contributed by atoms with Crippen LogP contribution in [0.3, 0.4) is 0 Å². The zero-order chi connectivity index (χ0) is 23.6. The Morgan fingerprint density at radius 1 is 0.938 bits per heavy atom. The summed E-state index contributed by atoms with van der Waals surface area (Å²) in [4.78, 5) is -0.0666. The van der Waals surface area contributed by atoms with E-state index in [1.54, 1.807) is 12.1 Å². The summed E-state index contributed by atoms with van der Waals surface area (Å²) < 4.78 is 83.3. The molecule has 11 heteroatoms. The van der Waals surface area contributed by atoms with E-state index in [1.165, 1.54) is 12.1 Å². The van der Waals surface area contributed by atoms with Gasteiger partial charge in [-0.2, -0.15) is 8.42 Å². The van der Waals surface area contributed by atoms with Crippen molar-refractivity contribution in [1.82, 2.24) is 10.0 Å². The van der Waals surface area contributed by atoms with Gasteiger partial charge in [-0.1, -0.05) is 17.7 Å². The lowest BCUT2D eigenvalue weighted by molar-refractivity contribution is -0.0329. The third-order valence-corrected chi connectivity index (χ3v) is 9.68. The first kappa shape index (κ1) is 25.5. The van der Waals surface area contributed by atoms with Gasteiger partial charge in [-0.3, -0.25) is 4.55 Å². The van der Waals surface area contributed by atoms with Crippen molar-refractivity contribution in [2.24, 2.45) is 5.41 Å². The van der Waals surface area contributed by atoms with Crippen LogP contribution in [-0.4, -0.2) is 51.7 Å². The number of halogens is 2. The summed E-state index contributed by atoms with van der Waals surface area (Å²) in [6.07, 6.45) is 3.36. The van der Waals surface area contributed by atoms with E-state index in [0.717, 1.165) is 44.3 Å². The highest BCUT2D eigenvalue weighted by Crippen LogP contribution is 2.40. The van der Waals surface area contributed by atoms with Gasteiger partial charge in [-0.25, -0.2) is 21.9 Å². The van der Waals surface area contributed by atoms with Crippen molar-refractivity contribution in [3.8, 4) is 0 Å². The molecular formula is C21H32F2N2O5S2. The van der Waals surface area contributed by atoms with E-state index in [1.807, 2.05) is 6.92 Å². The second-order valence-electron chi connectivity index (χ2n) is 9.38. The largest absolute Gasteiger partial charge is 0.316 e. The van der Waals surface area contributed by atoms with Crippen molar-refractivity contribution in [3.63, 3.8) is 0 Å². The van der Waals surface area contributed by atoms with Crippen molar-refractivity contribution >= 4 is 20.1 Å². The van der Waals surface area contributed by atoms with Crippen molar-refractivity contribution in [2.45, 2.75) is 80.4 Å². The summed E-state index contributed by atoms with van der Waals surface area (Å²) in [5.41, 5.74) is 1.35. The van der Waals surface area contributed by atoms with Gasteiger partial charge in [0.05, 0.1) is 10.1 Å². The van der Waals surface area contributed by atoms with Crippen LogP contribution in [0.2, 0.25) is 0 Å². The number of aryl methyl sites for hydroxylation is 1. The molecule has 2 saturated carbocycles. The molecule has 182 valence electrons. The minimum Gasteiger partial charge on any atom is -0.316 e. The van der Waals surface area contributed by atoms with Crippen LogP contribution in [0.15, 0.2) is 29.2 Å². The van der Waals surface area contributed by atoms with E-state index in [0.29, 0.717) is 5.41 Å². The van der Waals surface area contributed by atoms with Gasteiger partial charge < -0.3 is 5.32 Å². The molecule has 0 unspecified atom stereocenters. The zero-order valence-electron chi connectivity index (χ0n) is 18.2. The van der Waals surface area contributed by atoms with Gasteiger partial charge in [0, 0.05) is 32.0 Å². The Balaban J connectivity index is 0.000000222. The summed E-state index contributed by atoms with van der Waals surface area (Å²) in [5, 5.41) is 2.64. The summed E-state index contributed by atoms with van der Waals surface area (Å²) in [6.45, 7) is 3.93. The van der Waals surface area contributed by atoms with Crippen LogP contribution >= 0.6 is 0 Å². The molecule has 4 rings (SSSR count). The van der Waals surface area contributed by atoms with Gasteiger partial charge in [-0.05, 0) is 63.0 Å². The maximum absolute atomic E-state index is 13.1. The number of hydrogen-bond acceptors (Lipinski definition) is 5. The van der Waals surface area contributed by atoms with E-state index >= 15 is 0 Å². The molecule has 0 bridgehead atoms. The van der Waals surface area contributed by atoms with Crippen LogP contribution in [-0.2, 0) is 20.1 Å². The predicted molar refractivity (Wildman–Crippen MR) is 118 cm³/mol. The Kier molecular flexibility index (Phi) is 7.66. The summed E-state index contributed by atoms with van der Waals surface area (Å²) in [7, 11) is -7.48. The molecule has 7 nitrogen and oxygen atoms in total. The minimum absolute atomic E-state index is 0.0105. The molecule has 0 amide bonds. The fourth-order valence-electron chi connectivity index (χ4n) is 4.54. The second-order valence-corrected chi connectivity index (χ2v) is 12.8. The van der Waals surface area contributed by atoms with Gasteiger partial charge in [0.25, 0.3) is 10.1 Å². The Bertz CT molecular complexity index is 974. The highest BCUT2D eigenvalue weighted by molar-refractivity contribution is 7.90. The number of benzene rings is 1. The Hall–Kier alpha value is -1.14. The smallest absolute Gasteiger partial charge is 0.294 e. The topological polar surface area (TPSA) is 113 Å². The Labute approximate surface area is 189 Å². The molecule has 3 fully saturated rings. The van der Waals surface area contributed by atoms with E-state index in [9.17, 15) is 25.6 Å². The van der Waals surface area contributed by atoms with Gasteiger partial charge in [0.1, 0.15) is 0 Å². The van der Waals surface area contributed by atoms with Crippen molar-refractivity contribution < 1.29 is 30.2 Å². The average molecular weight is 495 g/mol. The molecule has 3 N–H and O–H groups in total. The summed E-state index contributed by atoms with van der Waals surface area (Å²) in [6, 6.07) is 5.98. The molecule has 32 heavy (non-hydrogen) atoms. The van der Waals surface area contributed by atoms with Crippen LogP contribution in [0.25, 0.3) is 0 Å². The second kappa shape index (κ2) is 9.61. The van der Waals surface area contributed by atoms with E-state index < -0.39 is 31.3 Å². The van der Waals surface area contributed by atoms with Crippen molar-refractivity contribution in [3.05, 3.63) is 29.8 Å². The van der Waals surface area contributed by atoms with Crippen LogP contribution in [0.5, 0.6) is 0 Å². The predicted octanol–water partition coefficient (Wildman–Crippen LogP) is 3.26. The molecule has 3 aliphatic rings. The Morgan fingerprint density at radius 2 is 1.47 bits per heavy atom. The summed E-state index contributed by atoms with van der Waals surface area (Å²) >= 11 is 0.